The molecule has 3 heterocycles. The molecule has 3 N–H and O–H groups in total. The summed E-state index contributed by atoms with van der Waals surface area (Å²) in [5, 5.41) is 5.46. The monoisotopic (exact) mass is 801 g/mol. The Morgan fingerprint density at radius 1 is 0.964 bits per heavy atom. The zero-order valence-corrected chi connectivity index (χ0v) is 32.6. The summed E-state index contributed by atoms with van der Waals surface area (Å²) >= 11 is 0. The van der Waals surface area contributed by atoms with Crippen molar-refractivity contribution in [2.45, 2.75) is 127 Å². The van der Waals surface area contributed by atoms with Crippen molar-refractivity contribution in [1.82, 2.24) is 25.2 Å². The zero-order valence-electron chi connectivity index (χ0n) is 31.8. The minimum Gasteiger partial charge on any atom is -0.444 e. The standard InChI is InChI=1S/C39H49F2N5O9S/c1-38(2,3)55-36(50)42-31-13-8-6-4-5-7-11-26-19-39(26,35(49)44-56(52,53)23-24-14-16-27(40)17-15-24)43-33(47)32-18-28(21-46(32)34(31)48)54-37(51)45-20-25-10-9-12-30(41)29(25)22-45/h9-10,12,14-17,26,28,31-32H,4-8,11,13,18-23H2,1-3H3,(H,42,50)(H,43,47)(H,44,49)/t26-,28-,31+,32+,39-/m1/s1. The molecule has 304 valence electrons. The SMILES string of the molecule is CC(C)(C)OC(=O)N[C@H]1CCCCCCC[C@@H]2C[C@@]2(C(=O)NS(=O)(=O)Cc2ccc(F)cc2)NC(=O)[C@@H]2C[C@@H](OC(=O)N3Cc4cccc(F)c4C3)CN2C1=O. The molecule has 0 spiro atoms. The molecule has 0 aromatic heterocycles. The summed E-state index contributed by atoms with van der Waals surface area (Å²) in [4.78, 5) is 71.4. The second-order valence-corrected chi connectivity index (χ2v) is 17.9. The van der Waals surface area contributed by atoms with Crippen LogP contribution in [0.15, 0.2) is 42.5 Å². The van der Waals surface area contributed by atoms with Crippen LogP contribution in [0.5, 0.6) is 0 Å². The van der Waals surface area contributed by atoms with E-state index in [9.17, 15) is 41.2 Å². The van der Waals surface area contributed by atoms with Gasteiger partial charge in [0.25, 0.3) is 5.91 Å². The van der Waals surface area contributed by atoms with Crippen LogP contribution in [0.2, 0.25) is 0 Å². The maximum Gasteiger partial charge on any atom is 0.410 e. The molecule has 1 aliphatic carbocycles. The Hall–Kier alpha value is -4.80. The number of carbonyl (C=O) groups excluding carboxylic acids is 5. The van der Waals surface area contributed by atoms with Gasteiger partial charge in [-0.25, -0.2) is 26.8 Å². The molecular formula is C39H49F2N5O9S. The zero-order chi connectivity index (χ0) is 40.4. The van der Waals surface area contributed by atoms with Crippen LogP contribution >= 0.6 is 0 Å². The first-order valence-corrected chi connectivity index (χ1v) is 20.7. The number of ether oxygens (including phenoxy) is 2. The molecule has 0 radical (unpaired) electrons. The van der Waals surface area contributed by atoms with Crippen molar-refractivity contribution >= 4 is 39.9 Å². The molecule has 2 aromatic rings. The molecule has 2 saturated heterocycles. The minimum absolute atomic E-state index is 0.0227. The Morgan fingerprint density at radius 2 is 1.66 bits per heavy atom. The van der Waals surface area contributed by atoms with E-state index in [0.717, 1.165) is 31.4 Å². The summed E-state index contributed by atoms with van der Waals surface area (Å²) in [5.74, 6) is -4.29. The second-order valence-electron chi connectivity index (χ2n) is 16.2. The quantitative estimate of drug-likeness (QED) is 0.378. The predicted octanol–water partition coefficient (Wildman–Crippen LogP) is 4.55. The van der Waals surface area contributed by atoms with Crippen LogP contribution in [0.1, 0.15) is 95.2 Å². The highest BCUT2D eigenvalue weighted by Crippen LogP contribution is 2.48. The molecule has 56 heavy (non-hydrogen) atoms. The van der Waals surface area contributed by atoms with Crippen molar-refractivity contribution in [3.8, 4) is 0 Å². The lowest BCUT2D eigenvalue weighted by molar-refractivity contribution is -0.141. The molecule has 1 saturated carbocycles. The molecule has 14 nitrogen and oxygen atoms in total. The van der Waals surface area contributed by atoms with Gasteiger partial charge in [0.1, 0.15) is 41.0 Å². The van der Waals surface area contributed by atoms with Gasteiger partial charge in [-0.3, -0.25) is 24.0 Å². The van der Waals surface area contributed by atoms with Gasteiger partial charge < -0.3 is 25.0 Å². The fraction of sp³-hybridized carbons (Fsp3) is 0.564. The Bertz CT molecular complexity index is 1960. The molecule has 5 amide bonds. The number of halogens is 2. The Kier molecular flexibility index (Phi) is 11.9. The van der Waals surface area contributed by atoms with E-state index < -0.39 is 92.6 Å². The fourth-order valence-corrected chi connectivity index (χ4v) is 8.98. The molecule has 0 bridgehead atoms. The first kappa shape index (κ1) is 40.9. The highest BCUT2D eigenvalue weighted by Gasteiger charge is 2.62. The van der Waals surface area contributed by atoms with Crippen molar-refractivity contribution in [2.24, 2.45) is 5.92 Å². The summed E-state index contributed by atoms with van der Waals surface area (Å²) in [6.45, 7) is 4.91. The number of rotatable bonds is 6. The summed E-state index contributed by atoms with van der Waals surface area (Å²) < 4.78 is 67.6. The highest BCUT2D eigenvalue weighted by atomic mass is 32.2. The number of fused-ring (bicyclic) bond motifs is 3. The van der Waals surface area contributed by atoms with Crippen LogP contribution in [0.3, 0.4) is 0 Å². The van der Waals surface area contributed by atoms with E-state index in [1.165, 1.54) is 28.0 Å². The van der Waals surface area contributed by atoms with Gasteiger partial charge in [0.2, 0.25) is 21.8 Å². The van der Waals surface area contributed by atoms with Crippen LogP contribution in [-0.2, 0) is 52.7 Å². The molecular weight excluding hydrogens is 753 g/mol. The molecule has 3 fully saturated rings. The molecule has 5 atom stereocenters. The number of nitrogens with one attached hydrogen (secondary N) is 3. The van der Waals surface area contributed by atoms with Gasteiger partial charge in [-0.05, 0) is 75.3 Å². The molecule has 17 heteroatoms. The summed E-state index contributed by atoms with van der Waals surface area (Å²) in [6, 6.07) is 7.01. The van der Waals surface area contributed by atoms with Crippen LogP contribution in [-0.4, -0.2) is 84.0 Å². The van der Waals surface area contributed by atoms with E-state index in [-0.39, 0.29) is 44.5 Å². The Labute approximate surface area is 325 Å². The maximum atomic E-state index is 14.5. The molecule has 0 unspecified atom stereocenters. The summed E-state index contributed by atoms with van der Waals surface area (Å²) in [6.07, 6.45) is 1.78. The number of sulfonamides is 1. The predicted molar refractivity (Wildman–Crippen MR) is 198 cm³/mol. The van der Waals surface area contributed by atoms with E-state index in [0.29, 0.717) is 30.4 Å². The fourth-order valence-electron chi connectivity index (χ4n) is 7.82. The third kappa shape index (κ3) is 9.76. The number of carbonyl (C=O) groups is 5. The number of amides is 5. The first-order valence-electron chi connectivity index (χ1n) is 19.1. The molecule has 2 aromatic carbocycles. The minimum atomic E-state index is -4.28. The highest BCUT2D eigenvalue weighted by molar-refractivity contribution is 7.89. The Balaban J connectivity index is 1.24. The third-order valence-corrected chi connectivity index (χ3v) is 11.9. The van der Waals surface area contributed by atoms with E-state index in [4.69, 9.17) is 9.47 Å². The van der Waals surface area contributed by atoms with E-state index in [1.54, 1.807) is 32.9 Å². The van der Waals surface area contributed by atoms with Gasteiger partial charge in [-0.15, -0.1) is 0 Å². The van der Waals surface area contributed by atoms with Crippen molar-refractivity contribution in [3.05, 3.63) is 70.8 Å². The average Bonchev–Trinajstić information content (AvgIpc) is 3.40. The number of benzene rings is 2. The normalized spacial score (nSPS) is 25.7. The number of nitrogens with zero attached hydrogens (tertiary/aromatic N) is 2. The van der Waals surface area contributed by atoms with Crippen molar-refractivity contribution < 1.29 is 50.6 Å². The van der Waals surface area contributed by atoms with Gasteiger partial charge in [0, 0.05) is 18.5 Å². The topological polar surface area (TPSA) is 181 Å². The van der Waals surface area contributed by atoms with E-state index >= 15 is 0 Å². The number of alkyl carbamates (subject to hydrolysis) is 1. The van der Waals surface area contributed by atoms with Crippen molar-refractivity contribution in [2.75, 3.05) is 6.54 Å². The second kappa shape index (κ2) is 16.4. The van der Waals surface area contributed by atoms with Crippen molar-refractivity contribution in [3.63, 3.8) is 0 Å². The van der Waals surface area contributed by atoms with Crippen molar-refractivity contribution in [1.29, 1.82) is 0 Å². The van der Waals surface area contributed by atoms with Gasteiger partial charge in [-0.1, -0.05) is 56.4 Å². The number of hydrogen-bond acceptors (Lipinski definition) is 9. The van der Waals surface area contributed by atoms with E-state index in [2.05, 4.69) is 15.4 Å². The van der Waals surface area contributed by atoms with Gasteiger partial charge in [0.05, 0.1) is 18.8 Å². The smallest absolute Gasteiger partial charge is 0.410 e. The lowest BCUT2D eigenvalue weighted by Crippen LogP contribution is -2.58. The third-order valence-electron chi connectivity index (χ3n) is 10.7. The van der Waals surface area contributed by atoms with Gasteiger partial charge >= 0.3 is 12.2 Å². The summed E-state index contributed by atoms with van der Waals surface area (Å²) in [7, 11) is -4.28. The molecule has 4 aliphatic rings. The first-order chi connectivity index (χ1) is 26.4. The lowest BCUT2D eigenvalue weighted by Gasteiger charge is -2.30. The number of hydrogen-bond donors (Lipinski definition) is 3. The van der Waals surface area contributed by atoms with Gasteiger partial charge in [-0.2, -0.15) is 0 Å². The van der Waals surface area contributed by atoms with Crippen LogP contribution in [0, 0.1) is 17.6 Å². The van der Waals surface area contributed by atoms with Crippen LogP contribution in [0.25, 0.3) is 0 Å². The Morgan fingerprint density at radius 3 is 2.36 bits per heavy atom. The van der Waals surface area contributed by atoms with Crippen LogP contribution < -0.4 is 15.4 Å². The summed E-state index contributed by atoms with van der Waals surface area (Å²) in [5.41, 5.74) is -1.20. The van der Waals surface area contributed by atoms with E-state index in [1.807, 2.05) is 0 Å². The largest absolute Gasteiger partial charge is 0.444 e. The average molecular weight is 802 g/mol. The lowest BCUT2D eigenvalue weighted by atomic mass is 10.0. The molecule has 3 aliphatic heterocycles. The molecule has 6 rings (SSSR count). The van der Waals surface area contributed by atoms with Crippen LogP contribution in [0.4, 0.5) is 18.4 Å². The van der Waals surface area contributed by atoms with Gasteiger partial charge in [0.15, 0.2) is 0 Å². The maximum absolute atomic E-state index is 14.5.